The van der Waals surface area contributed by atoms with E-state index in [-0.39, 0.29) is 0 Å². The van der Waals surface area contributed by atoms with Gasteiger partial charge in [0.2, 0.25) is 0 Å². The third-order valence-electron chi connectivity index (χ3n) is 1.14. The standard InChI is InChI=1S/C6H7N3O3S/c1-4-3-13-6(7-4)8-5(10)2-9(11)12/h3H,2H2,1H3,(H,7,8,10). The Kier molecular flexibility index (Phi) is 2.91. The number of aryl methyl sites for hydroxylation is 1. The van der Waals surface area contributed by atoms with Crippen molar-refractivity contribution in [3.8, 4) is 0 Å². The predicted octanol–water partition coefficient (Wildman–Crippen LogP) is 0.667. The van der Waals surface area contributed by atoms with Gasteiger partial charge in [0.25, 0.3) is 12.5 Å². The molecule has 1 amide bonds. The van der Waals surface area contributed by atoms with Crippen LogP contribution in [-0.2, 0) is 4.79 Å². The zero-order valence-electron chi connectivity index (χ0n) is 6.81. The minimum atomic E-state index is -0.724. The molecule has 6 nitrogen and oxygen atoms in total. The Hall–Kier alpha value is -1.50. The van der Waals surface area contributed by atoms with Crippen LogP contribution < -0.4 is 5.32 Å². The van der Waals surface area contributed by atoms with E-state index in [0.29, 0.717) is 5.13 Å². The first-order chi connectivity index (χ1) is 6.08. The molecule has 0 aliphatic rings. The summed E-state index contributed by atoms with van der Waals surface area (Å²) in [7, 11) is 0. The fraction of sp³-hybridized carbons (Fsp3) is 0.333. The van der Waals surface area contributed by atoms with E-state index in [1.54, 1.807) is 12.3 Å². The second kappa shape index (κ2) is 3.94. The second-order valence-electron chi connectivity index (χ2n) is 2.33. The third kappa shape index (κ3) is 3.16. The molecule has 0 unspecified atom stereocenters. The molecule has 0 spiro atoms. The summed E-state index contributed by atoms with van der Waals surface area (Å²) in [5, 5.41) is 14.4. The van der Waals surface area contributed by atoms with E-state index in [0.717, 1.165) is 5.69 Å². The first-order valence-electron chi connectivity index (χ1n) is 3.41. The van der Waals surface area contributed by atoms with Crippen molar-refractivity contribution in [3.05, 3.63) is 21.2 Å². The molecule has 1 aromatic rings. The molecule has 70 valence electrons. The molecule has 0 aromatic carbocycles. The van der Waals surface area contributed by atoms with Gasteiger partial charge in [0.1, 0.15) is 0 Å². The quantitative estimate of drug-likeness (QED) is 0.575. The van der Waals surface area contributed by atoms with Crippen LogP contribution in [0.5, 0.6) is 0 Å². The second-order valence-corrected chi connectivity index (χ2v) is 3.19. The number of carbonyl (C=O) groups excluding carboxylic acids is 1. The van der Waals surface area contributed by atoms with Gasteiger partial charge < -0.3 is 0 Å². The van der Waals surface area contributed by atoms with Crippen molar-refractivity contribution in [3.63, 3.8) is 0 Å². The van der Waals surface area contributed by atoms with E-state index < -0.39 is 17.4 Å². The first kappa shape index (κ1) is 9.59. The van der Waals surface area contributed by atoms with E-state index in [4.69, 9.17) is 0 Å². The van der Waals surface area contributed by atoms with E-state index in [1.165, 1.54) is 11.3 Å². The molecule has 0 atom stereocenters. The Morgan fingerprint density at radius 1 is 1.85 bits per heavy atom. The van der Waals surface area contributed by atoms with Gasteiger partial charge in [-0.3, -0.25) is 20.2 Å². The number of rotatable bonds is 3. The number of anilines is 1. The van der Waals surface area contributed by atoms with Crippen molar-refractivity contribution < 1.29 is 9.72 Å². The number of amides is 1. The summed E-state index contributed by atoms with van der Waals surface area (Å²) in [6.45, 7) is 1.05. The number of aromatic nitrogens is 1. The highest BCUT2D eigenvalue weighted by atomic mass is 32.1. The topological polar surface area (TPSA) is 85.1 Å². The summed E-state index contributed by atoms with van der Waals surface area (Å²) in [5.74, 6) is -0.653. The Bertz CT molecular complexity index is 336. The Morgan fingerprint density at radius 2 is 2.54 bits per heavy atom. The van der Waals surface area contributed by atoms with Gasteiger partial charge in [-0.2, -0.15) is 0 Å². The zero-order valence-corrected chi connectivity index (χ0v) is 7.63. The largest absolute Gasteiger partial charge is 0.297 e. The van der Waals surface area contributed by atoms with Crippen molar-refractivity contribution in [2.24, 2.45) is 0 Å². The van der Waals surface area contributed by atoms with Crippen LogP contribution in [0.3, 0.4) is 0 Å². The maximum Gasteiger partial charge on any atom is 0.297 e. The van der Waals surface area contributed by atoms with Crippen LogP contribution in [0, 0.1) is 17.0 Å². The van der Waals surface area contributed by atoms with Crippen LogP contribution >= 0.6 is 11.3 Å². The van der Waals surface area contributed by atoms with Crippen LogP contribution in [0.25, 0.3) is 0 Å². The molecule has 0 saturated carbocycles. The molecule has 0 saturated heterocycles. The third-order valence-corrected chi connectivity index (χ3v) is 2.01. The molecule has 0 radical (unpaired) electrons. The number of nitrogens with zero attached hydrogens (tertiary/aromatic N) is 2. The molecule has 1 N–H and O–H groups in total. The maximum atomic E-state index is 10.8. The van der Waals surface area contributed by atoms with Gasteiger partial charge in [-0.25, -0.2) is 4.98 Å². The van der Waals surface area contributed by atoms with Gasteiger partial charge in [0.05, 0.1) is 5.69 Å². The molecule has 0 aliphatic carbocycles. The van der Waals surface area contributed by atoms with Gasteiger partial charge >= 0.3 is 0 Å². The lowest BCUT2D eigenvalue weighted by Crippen LogP contribution is -2.21. The SMILES string of the molecule is Cc1csc(NC(=O)C[N+](=O)[O-])n1. The van der Waals surface area contributed by atoms with Gasteiger partial charge in [-0.05, 0) is 6.92 Å². The summed E-state index contributed by atoms with van der Waals surface area (Å²) in [6, 6.07) is 0. The molecule has 0 bridgehead atoms. The van der Waals surface area contributed by atoms with Crippen LogP contribution in [0.1, 0.15) is 5.69 Å². The summed E-state index contributed by atoms with van der Waals surface area (Å²) in [4.78, 5) is 24.0. The van der Waals surface area contributed by atoms with Gasteiger partial charge in [0, 0.05) is 10.3 Å². The summed E-state index contributed by atoms with van der Waals surface area (Å²) >= 11 is 1.24. The van der Waals surface area contributed by atoms with Crippen molar-refractivity contribution in [1.29, 1.82) is 0 Å². The summed E-state index contributed by atoms with van der Waals surface area (Å²) in [5.41, 5.74) is 0.779. The molecule has 1 aromatic heterocycles. The molecule has 0 fully saturated rings. The normalized spacial score (nSPS) is 9.62. The Morgan fingerprint density at radius 3 is 3.00 bits per heavy atom. The number of nitrogens with one attached hydrogen (secondary N) is 1. The van der Waals surface area contributed by atoms with E-state index >= 15 is 0 Å². The monoisotopic (exact) mass is 201 g/mol. The minimum absolute atomic E-state index is 0.393. The fourth-order valence-electron chi connectivity index (χ4n) is 0.687. The van der Waals surface area contributed by atoms with Crippen LogP contribution in [0.4, 0.5) is 5.13 Å². The lowest BCUT2D eigenvalue weighted by atomic mass is 10.6. The number of thiazole rings is 1. The van der Waals surface area contributed by atoms with Gasteiger partial charge in [-0.1, -0.05) is 0 Å². The Balaban J connectivity index is 2.50. The number of hydrogen-bond donors (Lipinski definition) is 1. The molecular weight excluding hydrogens is 194 g/mol. The maximum absolute atomic E-state index is 10.8. The molecule has 0 aliphatic heterocycles. The number of nitro groups is 1. The predicted molar refractivity (Wildman–Crippen MR) is 47.3 cm³/mol. The van der Waals surface area contributed by atoms with E-state index in [9.17, 15) is 14.9 Å². The van der Waals surface area contributed by atoms with Crippen LogP contribution in [-0.4, -0.2) is 22.4 Å². The molecule has 1 heterocycles. The van der Waals surface area contributed by atoms with Crippen molar-refractivity contribution in [1.82, 2.24) is 4.98 Å². The zero-order chi connectivity index (χ0) is 9.84. The average Bonchev–Trinajstić information content (AvgIpc) is 2.33. The molecule has 13 heavy (non-hydrogen) atoms. The van der Waals surface area contributed by atoms with Gasteiger partial charge in [-0.15, -0.1) is 11.3 Å². The summed E-state index contributed by atoms with van der Waals surface area (Å²) < 4.78 is 0. The fourth-order valence-corrected chi connectivity index (χ4v) is 1.39. The Labute approximate surface area is 77.8 Å². The first-order valence-corrected chi connectivity index (χ1v) is 4.29. The van der Waals surface area contributed by atoms with Gasteiger partial charge in [0.15, 0.2) is 5.13 Å². The highest BCUT2D eigenvalue weighted by Crippen LogP contribution is 2.13. The van der Waals surface area contributed by atoms with E-state index in [1.807, 2.05) is 0 Å². The van der Waals surface area contributed by atoms with Crippen molar-refractivity contribution >= 4 is 22.4 Å². The molecular formula is C6H7N3O3S. The van der Waals surface area contributed by atoms with Crippen molar-refractivity contribution in [2.45, 2.75) is 6.92 Å². The smallest absolute Gasteiger partial charge is 0.296 e. The van der Waals surface area contributed by atoms with E-state index in [2.05, 4.69) is 10.3 Å². The minimum Gasteiger partial charge on any atom is -0.296 e. The average molecular weight is 201 g/mol. The number of carbonyl (C=O) groups is 1. The van der Waals surface area contributed by atoms with Crippen LogP contribution in [0.2, 0.25) is 0 Å². The van der Waals surface area contributed by atoms with Crippen LogP contribution in [0.15, 0.2) is 5.38 Å². The molecule has 1 rings (SSSR count). The van der Waals surface area contributed by atoms with Crippen molar-refractivity contribution in [2.75, 3.05) is 11.9 Å². The highest BCUT2D eigenvalue weighted by molar-refractivity contribution is 7.13. The lowest BCUT2D eigenvalue weighted by molar-refractivity contribution is -0.467. The lowest BCUT2D eigenvalue weighted by Gasteiger charge is -1.95. The number of hydrogen-bond acceptors (Lipinski definition) is 5. The summed E-state index contributed by atoms with van der Waals surface area (Å²) in [6.07, 6.45) is 0. The molecule has 7 heteroatoms. The highest BCUT2D eigenvalue weighted by Gasteiger charge is 2.10.